The van der Waals surface area contributed by atoms with Gasteiger partial charge in [0.05, 0.1) is 10.9 Å². The van der Waals surface area contributed by atoms with Crippen molar-refractivity contribution in [1.82, 2.24) is 4.90 Å². The van der Waals surface area contributed by atoms with Crippen LogP contribution in [0, 0.1) is 5.92 Å². The van der Waals surface area contributed by atoms with Crippen LogP contribution in [0.1, 0.15) is 13.8 Å². The number of anilines is 1. The van der Waals surface area contributed by atoms with E-state index < -0.39 is 15.9 Å². The largest absolute Gasteiger partial charge is 0.465 e. The molecule has 1 amide bonds. The average molecular weight is 326 g/mol. The zero-order valence-electron chi connectivity index (χ0n) is 13.1. The van der Waals surface area contributed by atoms with E-state index in [0.29, 0.717) is 19.6 Å². The van der Waals surface area contributed by atoms with E-state index in [2.05, 4.69) is 4.90 Å². The maximum Gasteiger partial charge on any atom is 0.407 e. The fourth-order valence-electron chi connectivity index (χ4n) is 2.76. The molecular formula is C15H22N2O4S. The molecule has 1 fully saturated rings. The topological polar surface area (TPSA) is 77.9 Å². The quantitative estimate of drug-likeness (QED) is 0.918. The summed E-state index contributed by atoms with van der Waals surface area (Å²) in [6.07, 6.45) is 0.286. The minimum Gasteiger partial charge on any atom is -0.465 e. The molecule has 0 radical (unpaired) electrons. The van der Waals surface area contributed by atoms with Gasteiger partial charge in [-0.15, -0.1) is 0 Å². The molecule has 1 atom stereocenters. The van der Waals surface area contributed by atoms with E-state index in [0.717, 1.165) is 5.69 Å². The van der Waals surface area contributed by atoms with E-state index in [9.17, 15) is 18.3 Å². The van der Waals surface area contributed by atoms with E-state index in [4.69, 9.17) is 0 Å². The van der Waals surface area contributed by atoms with Crippen LogP contribution < -0.4 is 4.90 Å². The van der Waals surface area contributed by atoms with Crippen LogP contribution in [-0.2, 0) is 9.84 Å². The van der Waals surface area contributed by atoms with Gasteiger partial charge in [-0.3, -0.25) is 0 Å². The number of sulfone groups is 1. The minimum absolute atomic E-state index is 0.104. The van der Waals surface area contributed by atoms with Gasteiger partial charge in [-0.05, 0) is 24.1 Å². The Morgan fingerprint density at radius 2 is 2.00 bits per heavy atom. The Labute approximate surface area is 131 Å². The van der Waals surface area contributed by atoms with Gasteiger partial charge in [0, 0.05) is 31.6 Å². The van der Waals surface area contributed by atoms with Crippen LogP contribution in [0.4, 0.5) is 10.5 Å². The third kappa shape index (κ3) is 3.52. The van der Waals surface area contributed by atoms with Crippen molar-refractivity contribution in [2.24, 2.45) is 5.92 Å². The lowest BCUT2D eigenvalue weighted by Crippen LogP contribution is -2.57. The molecule has 1 aliphatic heterocycles. The molecule has 122 valence electrons. The van der Waals surface area contributed by atoms with Crippen molar-refractivity contribution in [1.29, 1.82) is 0 Å². The van der Waals surface area contributed by atoms with Gasteiger partial charge in [-0.2, -0.15) is 0 Å². The van der Waals surface area contributed by atoms with Crippen LogP contribution in [0.3, 0.4) is 0 Å². The first-order valence-electron chi connectivity index (χ1n) is 7.25. The SMILES string of the molecule is CC(C)[C@H]1CN(c2cccc(S(C)(=O)=O)c2)CCN1C(=O)O. The molecule has 1 aromatic carbocycles. The standard InChI is InChI=1S/C15H22N2O4S/c1-11(2)14-10-16(7-8-17(14)15(18)19)12-5-4-6-13(9-12)22(3,20)21/h4-6,9,11,14H,7-8,10H2,1-3H3,(H,18,19)/t14-/m1/s1. The highest BCUT2D eigenvalue weighted by Crippen LogP contribution is 2.25. The molecule has 6 nitrogen and oxygen atoms in total. The number of nitrogens with zero attached hydrogens (tertiary/aromatic N) is 2. The van der Waals surface area contributed by atoms with Gasteiger partial charge < -0.3 is 14.9 Å². The lowest BCUT2D eigenvalue weighted by molar-refractivity contribution is 0.103. The van der Waals surface area contributed by atoms with Crippen molar-refractivity contribution in [2.75, 3.05) is 30.8 Å². The highest BCUT2D eigenvalue weighted by Gasteiger charge is 2.32. The highest BCUT2D eigenvalue weighted by atomic mass is 32.2. The maximum atomic E-state index is 11.7. The summed E-state index contributed by atoms with van der Waals surface area (Å²) >= 11 is 0. The zero-order chi connectivity index (χ0) is 16.5. The van der Waals surface area contributed by atoms with E-state index in [1.54, 1.807) is 18.2 Å². The predicted molar refractivity (Wildman–Crippen MR) is 85.1 cm³/mol. The maximum absolute atomic E-state index is 11.7. The number of piperazine rings is 1. The fourth-order valence-corrected chi connectivity index (χ4v) is 3.42. The summed E-state index contributed by atoms with van der Waals surface area (Å²) in [4.78, 5) is 15.1. The van der Waals surface area contributed by atoms with Crippen molar-refractivity contribution >= 4 is 21.6 Å². The summed E-state index contributed by atoms with van der Waals surface area (Å²) in [6.45, 7) is 5.54. The second-order valence-electron chi connectivity index (χ2n) is 6.00. The van der Waals surface area contributed by atoms with Crippen molar-refractivity contribution in [2.45, 2.75) is 24.8 Å². The molecular weight excluding hydrogens is 304 g/mol. The van der Waals surface area contributed by atoms with Crippen molar-refractivity contribution in [3.63, 3.8) is 0 Å². The summed E-state index contributed by atoms with van der Waals surface area (Å²) in [5, 5.41) is 9.29. The lowest BCUT2D eigenvalue weighted by atomic mass is 9.99. The van der Waals surface area contributed by atoms with Gasteiger partial charge in [0.25, 0.3) is 0 Å². The Hall–Kier alpha value is -1.76. The predicted octanol–water partition coefficient (Wildman–Crippen LogP) is 1.91. The fraction of sp³-hybridized carbons (Fsp3) is 0.533. The monoisotopic (exact) mass is 326 g/mol. The zero-order valence-corrected chi connectivity index (χ0v) is 13.9. The Balaban J connectivity index is 2.26. The third-order valence-corrected chi connectivity index (χ3v) is 5.16. The Morgan fingerprint density at radius 1 is 1.32 bits per heavy atom. The van der Waals surface area contributed by atoms with E-state index in [1.165, 1.54) is 11.2 Å². The molecule has 1 N–H and O–H groups in total. The van der Waals surface area contributed by atoms with Crippen LogP contribution in [0.25, 0.3) is 0 Å². The van der Waals surface area contributed by atoms with Crippen LogP contribution in [-0.4, -0.2) is 56.4 Å². The number of carbonyl (C=O) groups is 1. The van der Waals surface area contributed by atoms with Crippen molar-refractivity contribution in [3.05, 3.63) is 24.3 Å². The Bertz CT molecular complexity index is 657. The summed E-state index contributed by atoms with van der Waals surface area (Å²) in [5.41, 5.74) is 0.818. The minimum atomic E-state index is -3.25. The highest BCUT2D eigenvalue weighted by molar-refractivity contribution is 7.90. The Morgan fingerprint density at radius 3 is 2.55 bits per heavy atom. The van der Waals surface area contributed by atoms with Gasteiger partial charge in [0.2, 0.25) is 0 Å². The number of carboxylic acid groups (broad SMARTS) is 1. The average Bonchev–Trinajstić information content (AvgIpc) is 2.45. The van der Waals surface area contributed by atoms with Gasteiger partial charge in [0.15, 0.2) is 9.84 Å². The summed E-state index contributed by atoms with van der Waals surface area (Å²) < 4.78 is 23.4. The molecule has 0 bridgehead atoms. The van der Waals surface area contributed by atoms with Crippen LogP contribution in [0.2, 0.25) is 0 Å². The van der Waals surface area contributed by atoms with E-state index in [-0.39, 0.29) is 16.9 Å². The molecule has 2 rings (SSSR count). The number of amides is 1. The molecule has 0 saturated carbocycles. The molecule has 1 aliphatic rings. The molecule has 0 aromatic heterocycles. The van der Waals surface area contributed by atoms with E-state index in [1.807, 2.05) is 19.9 Å². The van der Waals surface area contributed by atoms with Crippen LogP contribution >= 0.6 is 0 Å². The number of benzene rings is 1. The van der Waals surface area contributed by atoms with Gasteiger partial charge >= 0.3 is 6.09 Å². The smallest absolute Gasteiger partial charge is 0.407 e. The lowest BCUT2D eigenvalue weighted by Gasteiger charge is -2.43. The first kappa shape index (κ1) is 16.6. The molecule has 0 unspecified atom stereocenters. The first-order valence-corrected chi connectivity index (χ1v) is 9.14. The van der Waals surface area contributed by atoms with Crippen LogP contribution in [0.15, 0.2) is 29.2 Å². The summed E-state index contributed by atoms with van der Waals surface area (Å²) in [6, 6.07) is 6.71. The van der Waals surface area contributed by atoms with Crippen LogP contribution in [0.5, 0.6) is 0 Å². The van der Waals surface area contributed by atoms with Gasteiger partial charge in [-0.1, -0.05) is 19.9 Å². The normalized spacial score (nSPS) is 19.5. The number of hydrogen-bond donors (Lipinski definition) is 1. The second-order valence-corrected chi connectivity index (χ2v) is 8.02. The third-order valence-electron chi connectivity index (χ3n) is 4.04. The Kier molecular flexibility index (Phi) is 4.65. The number of hydrogen-bond acceptors (Lipinski definition) is 4. The van der Waals surface area contributed by atoms with Crippen molar-refractivity contribution < 1.29 is 18.3 Å². The van der Waals surface area contributed by atoms with Gasteiger partial charge in [-0.25, -0.2) is 13.2 Å². The molecule has 1 saturated heterocycles. The molecule has 0 spiro atoms. The molecule has 7 heteroatoms. The molecule has 0 aliphatic carbocycles. The second kappa shape index (κ2) is 6.16. The molecule has 1 aromatic rings. The molecule has 22 heavy (non-hydrogen) atoms. The summed E-state index contributed by atoms with van der Waals surface area (Å²) in [5.74, 6) is 0.192. The first-order chi connectivity index (χ1) is 10.2. The van der Waals surface area contributed by atoms with E-state index >= 15 is 0 Å². The molecule has 1 heterocycles. The van der Waals surface area contributed by atoms with Gasteiger partial charge in [0.1, 0.15) is 0 Å². The van der Waals surface area contributed by atoms with Crippen molar-refractivity contribution in [3.8, 4) is 0 Å². The number of rotatable bonds is 3. The summed E-state index contributed by atoms with van der Waals surface area (Å²) in [7, 11) is -3.25.